The largest absolute Gasteiger partial charge is 0.484 e. The highest BCUT2D eigenvalue weighted by atomic mass is 16.6. The van der Waals surface area contributed by atoms with E-state index >= 15 is 0 Å². The molecule has 4 unspecified atom stereocenters. The summed E-state index contributed by atoms with van der Waals surface area (Å²) in [6.07, 6.45) is 0.157. The fraction of sp³-hybridized carbons (Fsp3) is 0.250. The monoisotopic (exact) mass is 251 g/mol. The SMILES string of the molecule is c1ccc2c(c1)OC1C2NC2c3ccccc3OC21. The van der Waals surface area contributed by atoms with Crippen LogP contribution in [0.3, 0.4) is 0 Å². The van der Waals surface area contributed by atoms with Crippen LogP contribution >= 0.6 is 0 Å². The van der Waals surface area contributed by atoms with Crippen LogP contribution in [-0.2, 0) is 0 Å². The predicted octanol–water partition coefficient (Wildman–Crippen LogP) is 2.59. The quantitative estimate of drug-likeness (QED) is 0.780. The molecule has 3 heteroatoms. The Bertz CT molecular complexity index is 612. The summed E-state index contributed by atoms with van der Waals surface area (Å²) < 4.78 is 12.2. The van der Waals surface area contributed by atoms with Crippen LogP contribution in [0.2, 0.25) is 0 Å². The van der Waals surface area contributed by atoms with E-state index in [1.165, 1.54) is 11.1 Å². The number of fused-ring (bicyclic) bond motifs is 7. The van der Waals surface area contributed by atoms with Crippen LogP contribution in [0.1, 0.15) is 23.2 Å². The molecule has 0 bridgehead atoms. The zero-order valence-electron chi connectivity index (χ0n) is 10.2. The van der Waals surface area contributed by atoms with Gasteiger partial charge in [-0.3, -0.25) is 5.32 Å². The normalized spacial score (nSPS) is 32.8. The van der Waals surface area contributed by atoms with Crippen LogP contribution in [0, 0.1) is 0 Å². The molecular weight excluding hydrogens is 238 g/mol. The third kappa shape index (κ3) is 1.16. The van der Waals surface area contributed by atoms with Crippen molar-refractivity contribution in [1.82, 2.24) is 5.32 Å². The van der Waals surface area contributed by atoms with Crippen molar-refractivity contribution in [2.75, 3.05) is 0 Å². The van der Waals surface area contributed by atoms with E-state index in [0.717, 1.165) is 11.5 Å². The average molecular weight is 251 g/mol. The summed E-state index contributed by atoms with van der Waals surface area (Å²) in [5.41, 5.74) is 2.51. The number of rotatable bonds is 0. The van der Waals surface area contributed by atoms with E-state index < -0.39 is 0 Å². The standard InChI is InChI=1S/C16H13NO2/c1-3-7-11-9(5-1)13-15(18-11)16-14(17-13)10-6-2-4-8-12(10)19-16/h1-8,13-17H. The maximum Gasteiger partial charge on any atom is 0.157 e. The number of ether oxygens (including phenoxy) is 2. The lowest BCUT2D eigenvalue weighted by Gasteiger charge is -2.16. The fourth-order valence-corrected chi connectivity index (χ4v) is 3.55. The summed E-state index contributed by atoms with van der Waals surface area (Å²) in [6.45, 7) is 0. The Morgan fingerprint density at radius 3 is 1.68 bits per heavy atom. The van der Waals surface area contributed by atoms with Gasteiger partial charge in [-0.15, -0.1) is 0 Å². The maximum absolute atomic E-state index is 6.09. The molecule has 0 amide bonds. The molecule has 1 N–H and O–H groups in total. The predicted molar refractivity (Wildman–Crippen MR) is 70.3 cm³/mol. The van der Waals surface area contributed by atoms with Gasteiger partial charge < -0.3 is 9.47 Å². The van der Waals surface area contributed by atoms with Gasteiger partial charge >= 0.3 is 0 Å². The molecule has 2 aromatic carbocycles. The van der Waals surface area contributed by atoms with Gasteiger partial charge in [0.2, 0.25) is 0 Å². The second-order valence-corrected chi connectivity index (χ2v) is 5.36. The number of para-hydroxylation sites is 2. The molecule has 19 heavy (non-hydrogen) atoms. The van der Waals surface area contributed by atoms with Crippen molar-refractivity contribution in [3.05, 3.63) is 59.7 Å². The lowest BCUT2D eigenvalue weighted by atomic mass is 10.0. The molecule has 3 nitrogen and oxygen atoms in total. The second-order valence-electron chi connectivity index (χ2n) is 5.36. The van der Waals surface area contributed by atoms with Crippen LogP contribution in [0.4, 0.5) is 0 Å². The Hall–Kier alpha value is -2.00. The molecule has 4 atom stereocenters. The summed E-state index contributed by atoms with van der Waals surface area (Å²) in [5.74, 6) is 1.98. The Morgan fingerprint density at radius 2 is 1.16 bits per heavy atom. The van der Waals surface area contributed by atoms with Crippen molar-refractivity contribution >= 4 is 0 Å². The first-order chi connectivity index (χ1) is 9.42. The molecule has 3 aliphatic heterocycles. The summed E-state index contributed by atoms with van der Waals surface area (Å²) in [6, 6.07) is 17.0. The zero-order chi connectivity index (χ0) is 12.4. The zero-order valence-corrected chi connectivity index (χ0v) is 10.2. The average Bonchev–Trinajstić information content (AvgIpc) is 3.07. The Morgan fingerprint density at radius 1 is 0.684 bits per heavy atom. The van der Waals surface area contributed by atoms with Gasteiger partial charge in [-0.05, 0) is 12.1 Å². The lowest BCUT2D eigenvalue weighted by molar-refractivity contribution is 0.0907. The van der Waals surface area contributed by atoms with Crippen molar-refractivity contribution in [1.29, 1.82) is 0 Å². The highest BCUT2D eigenvalue weighted by molar-refractivity contribution is 5.48. The minimum absolute atomic E-state index is 0.0785. The minimum Gasteiger partial charge on any atom is -0.484 e. The topological polar surface area (TPSA) is 30.5 Å². The first-order valence-corrected chi connectivity index (χ1v) is 6.69. The van der Waals surface area contributed by atoms with Gasteiger partial charge in [0, 0.05) is 11.1 Å². The van der Waals surface area contributed by atoms with E-state index in [0.29, 0.717) is 0 Å². The van der Waals surface area contributed by atoms with E-state index in [1.54, 1.807) is 0 Å². The van der Waals surface area contributed by atoms with Crippen molar-refractivity contribution in [3.8, 4) is 11.5 Å². The molecule has 94 valence electrons. The summed E-state index contributed by atoms with van der Waals surface area (Å²) in [5, 5.41) is 3.68. The molecule has 3 heterocycles. The first-order valence-electron chi connectivity index (χ1n) is 6.69. The van der Waals surface area contributed by atoms with Crippen molar-refractivity contribution in [2.24, 2.45) is 0 Å². The maximum atomic E-state index is 6.09. The molecule has 1 fully saturated rings. The summed E-state index contributed by atoms with van der Waals surface area (Å²) in [4.78, 5) is 0. The van der Waals surface area contributed by atoms with Crippen LogP contribution in [0.5, 0.6) is 11.5 Å². The number of hydrogen-bond donors (Lipinski definition) is 1. The number of nitrogens with one attached hydrogen (secondary N) is 1. The smallest absolute Gasteiger partial charge is 0.157 e. The summed E-state index contributed by atoms with van der Waals surface area (Å²) >= 11 is 0. The Kier molecular flexibility index (Phi) is 1.72. The van der Waals surface area contributed by atoms with Gasteiger partial charge in [-0.25, -0.2) is 0 Å². The second kappa shape index (κ2) is 3.31. The molecule has 3 aliphatic rings. The lowest BCUT2D eigenvalue weighted by Crippen LogP contribution is -2.31. The Balaban J connectivity index is 1.58. The molecular formula is C16H13NO2. The van der Waals surface area contributed by atoms with E-state index in [1.807, 2.05) is 24.3 Å². The van der Waals surface area contributed by atoms with Crippen molar-refractivity contribution < 1.29 is 9.47 Å². The van der Waals surface area contributed by atoms with Gasteiger partial charge in [0.25, 0.3) is 0 Å². The van der Waals surface area contributed by atoms with E-state index in [2.05, 4.69) is 29.6 Å². The van der Waals surface area contributed by atoms with Crippen molar-refractivity contribution in [3.63, 3.8) is 0 Å². The third-order valence-corrected chi connectivity index (χ3v) is 4.37. The molecule has 5 rings (SSSR count). The molecule has 0 radical (unpaired) electrons. The highest BCUT2D eigenvalue weighted by Crippen LogP contribution is 2.51. The van der Waals surface area contributed by atoms with Gasteiger partial charge in [0.15, 0.2) is 12.2 Å². The molecule has 1 saturated heterocycles. The Labute approximate surface area is 111 Å². The number of hydrogen-bond acceptors (Lipinski definition) is 3. The van der Waals surface area contributed by atoms with Crippen LogP contribution < -0.4 is 14.8 Å². The number of benzene rings is 2. The van der Waals surface area contributed by atoms with Crippen LogP contribution in [0.15, 0.2) is 48.5 Å². The molecule has 2 aromatic rings. The van der Waals surface area contributed by atoms with Gasteiger partial charge in [0.1, 0.15) is 11.5 Å². The molecule has 0 aliphatic carbocycles. The first kappa shape index (κ1) is 9.87. The fourth-order valence-electron chi connectivity index (χ4n) is 3.55. The minimum atomic E-state index is 0.0785. The van der Waals surface area contributed by atoms with Crippen molar-refractivity contribution in [2.45, 2.75) is 24.3 Å². The van der Waals surface area contributed by atoms with E-state index in [4.69, 9.17) is 9.47 Å². The van der Waals surface area contributed by atoms with E-state index in [9.17, 15) is 0 Å². The van der Waals surface area contributed by atoms with Gasteiger partial charge in [-0.1, -0.05) is 36.4 Å². The van der Waals surface area contributed by atoms with Gasteiger partial charge in [0.05, 0.1) is 12.1 Å². The summed E-state index contributed by atoms with van der Waals surface area (Å²) in [7, 11) is 0. The molecule has 0 aromatic heterocycles. The molecule has 0 spiro atoms. The van der Waals surface area contributed by atoms with E-state index in [-0.39, 0.29) is 24.3 Å². The third-order valence-electron chi connectivity index (χ3n) is 4.37. The highest BCUT2D eigenvalue weighted by Gasteiger charge is 2.54. The molecule has 0 saturated carbocycles. The van der Waals surface area contributed by atoms with Crippen LogP contribution in [0.25, 0.3) is 0 Å². The van der Waals surface area contributed by atoms with Gasteiger partial charge in [-0.2, -0.15) is 0 Å². The van der Waals surface area contributed by atoms with Crippen LogP contribution in [-0.4, -0.2) is 12.2 Å².